The lowest BCUT2D eigenvalue weighted by atomic mass is 10.0. The van der Waals surface area contributed by atoms with Gasteiger partial charge in [0.05, 0.1) is 0 Å². The van der Waals surface area contributed by atoms with Gasteiger partial charge in [-0.1, -0.05) is 37.3 Å². The molecular weight excluding hydrogens is 344 g/mol. The molecule has 0 radical (unpaired) electrons. The molecule has 0 unspecified atom stereocenters. The molecule has 0 N–H and O–H groups in total. The number of hydrogen-bond donors (Lipinski definition) is 0. The lowest BCUT2D eigenvalue weighted by molar-refractivity contribution is 0.288. The molecule has 0 atom stereocenters. The average Bonchev–Trinajstić information content (AvgIpc) is 2.65. The van der Waals surface area contributed by atoms with Crippen LogP contribution in [0.3, 0.4) is 0 Å². The van der Waals surface area contributed by atoms with Crippen molar-refractivity contribution in [2.45, 2.75) is 20.0 Å². The Balaban J connectivity index is 1.75. The number of ether oxygens (including phenoxy) is 1. The molecule has 134 valence electrons. The van der Waals surface area contributed by atoms with Gasteiger partial charge in [-0.2, -0.15) is 0 Å². The third-order valence-corrected chi connectivity index (χ3v) is 4.07. The second-order valence-corrected chi connectivity index (χ2v) is 5.86. The van der Waals surface area contributed by atoms with E-state index in [0.29, 0.717) is 5.56 Å². The molecule has 3 rings (SSSR count). The summed E-state index contributed by atoms with van der Waals surface area (Å²) in [7, 11) is 0. The van der Waals surface area contributed by atoms with E-state index in [1.54, 1.807) is 6.07 Å². The van der Waals surface area contributed by atoms with Gasteiger partial charge in [-0.05, 0) is 52.9 Å². The van der Waals surface area contributed by atoms with Crippen molar-refractivity contribution in [1.29, 1.82) is 0 Å². The first-order valence-corrected chi connectivity index (χ1v) is 8.13. The Kier molecular flexibility index (Phi) is 5.26. The average molecular weight is 360 g/mol. The van der Waals surface area contributed by atoms with Gasteiger partial charge >= 0.3 is 0 Å². The van der Waals surface area contributed by atoms with E-state index in [0.717, 1.165) is 24.1 Å². The van der Waals surface area contributed by atoms with E-state index < -0.39 is 23.3 Å². The summed E-state index contributed by atoms with van der Waals surface area (Å²) in [6.07, 6.45) is 0.923. The summed E-state index contributed by atoms with van der Waals surface area (Å²) in [6, 6.07) is 13.9. The second kappa shape index (κ2) is 7.60. The van der Waals surface area contributed by atoms with Crippen LogP contribution in [0, 0.1) is 23.3 Å². The standard InChI is InChI=1S/C21H16F4O/c1-2-13-3-5-15(6-4-13)16-7-8-20(17(22)11-16)26-12-14-9-18(23)21(25)19(24)10-14/h3-11H,2,12H2,1H3. The van der Waals surface area contributed by atoms with Crippen molar-refractivity contribution in [2.75, 3.05) is 0 Å². The summed E-state index contributed by atoms with van der Waals surface area (Å²) in [5.74, 6) is -4.81. The molecule has 0 aromatic heterocycles. The summed E-state index contributed by atoms with van der Waals surface area (Å²) in [6.45, 7) is 1.77. The Morgan fingerprint density at radius 3 is 1.88 bits per heavy atom. The summed E-state index contributed by atoms with van der Waals surface area (Å²) in [4.78, 5) is 0. The molecule has 26 heavy (non-hydrogen) atoms. The van der Waals surface area contributed by atoms with Gasteiger partial charge in [-0.3, -0.25) is 0 Å². The third kappa shape index (κ3) is 3.87. The highest BCUT2D eigenvalue weighted by atomic mass is 19.2. The lowest BCUT2D eigenvalue weighted by Crippen LogP contribution is -2.01. The SMILES string of the molecule is CCc1ccc(-c2ccc(OCc3cc(F)c(F)c(F)c3)c(F)c2)cc1. The van der Waals surface area contributed by atoms with Gasteiger partial charge in [0, 0.05) is 0 Å². The van der Waals surface area contributed by atoms with Gasteiger partial charge < -0.3 is 4.74 Å². The maximum Gasteiger partial charge on any atom is 0.194 e. The quantitative estimate of drug-likeness (QED) is 0.397. The molecule has 3 aromatic carbocycles. The molecule has 0 amide bonds. The molecule has 0 saturated carbocycles. The van der Waals surface area contributed by atoms with Crippen molar-refractivity contribution in [2.24, 2.45) is 0 Å². The van der Waals surface area contributed by atoms with Gasteiger partial charge in [0.15, 0.2) is 29.0 Å². The molecule has 0 fully saturated rings. The monoisotopic (exact) mass is 360 g/mol. The van der Waals surface area contributed by atoms with Gasteiger partial charge in [0.2, 0.25) is 0 Å². The highest BCUT2D eigenvalue weighted by molar-refractivity contribution is 5.64. The van der Waals surface area contributed by atoms with Crippen LogP contribution in [0.2, 0.25) is 0 Å². The van der Waals surface area contributed by atoms with Gasteiger partial charge in [-0.15, -0.1) is 0 Å². The molecule has 5 heteroatoms. The molecule has 0 spiro atoms. The minimum Gasteiger partial charge on any atom is -0.486 e. The van der Waals surface area contributed by atoms with Crippen molar-refractivity contribution < 1.29 is 22.3 Å². The zero-order valence-corrected chi connectivity index (χ0v) is 14.0. The van der Waals surface area contributed by atoms with Gasteiger partial charge in [0.1, 0.15) is 6.61 Å². The van der Waals surface area contributed by atoms with E-state index in [2.05, 4.69) is 6.92 Å². The summed E-state index contributed by atoms with van der Waals surface area (Å²) in [5, 5.41) is 0. The fourth-order valence-corrected chi connectivity index (χ4v) is 2.58. The number of halogens is 4. The lowest BCUT2D eigenvalue weighted by Gasteiger charge is -2.10. The van der Waals surface area contributed by atoms with Gasteiger partial charge in [0.25, 0.3) is 0 Å². The van der Waals surface area contributed by atoms with E-state index in [4.69, 9.17) is 4.74 Å². The molecule has 0 saturated heterocycles. The molecule has 3 aromatic rings. The molecule has 0 aliphatic heterocycles. The van der Waals surface area contributed by atoms with Crippen LogP contribution in [-0.4, -0.2) is 0 Å². The first kappa shape index (κ1) is 18.0. The smallest absolute Gasteiger partial charge is 0.194 e. The summed E-state index contributed by atoms with van der Waals surface area (Å²) >= 11 is 0. The predicted octanol–water partition coefficient (Wildman–Crippen LogP) is 6.05. The minimum atomic E-state index is -1.54. The summed E-state index contributed by atoms with van der Waals surface area (Å²) in [5.41, 5.74) is 2.82. The number of aryl methyl sites for hydroxylation is 1. The van der Waals surface area contributed by atoms with Crippen molar-refractivity contribution in [1.82, 2.24) is 0 Å². The predicted molar refractivity (Wildman–Crippen MR) is 91.9 cm³/mol. The third-order valence-electron chi connectivity index (χ3n) is 4.07. The largest absolute Gasteiger partial charge is 0.486 e. The number of hydrogen-bond acceptors (Lipinski definition) is 1. The zero-order chi connectivity index (χ0) is 18.7. The molecular formula is C21H16F4O. The van der Waals surface area contributed by atoms with Crippen LogP contribution < -0.4 is 4.74 Å². The van der Waals surface area contributed by atoms with Crippen LogP contribution in [-0.2, 0) is 13.0 Å². The number of rotatable bonds is 5. The fraction of sp³-hybridized carbons (Fsp3) is 0.143. The Labute approximate surface area is 148 Å². The van der Waals surface area contributed by atoms with Crippen molar-refractivity contribution in [3.63, 3.8) is 0 Å². The topological polar surface area (TPSA) is 9.23 Å². The normalized spacial score (nSPS) is 10.8. The Morgan fingerprint density at radius 1 is 0.692 bits per heavy atom. The molecule has 0 aliphatic rings. The van der Waals surface area contributed by atoms with Crippen molar-refractivity contribution >= 4 is 0 Å². The Morgan fingerprint density at radius 2 is 1.31 bits per heavy atom. The molecule has 0 heterocycles. The van der Waals surface area contributed by atoms with E-state index in [1.807, 2.05) is 24.3 Å². The van der Waals surface area contributed by atoms with Crippen molar-refractivity contribution in [3.8, 4) is 16.9 Å². The first-order valence-electron chi connectivity index (χ1n) is 8.13. The number of benzene rings is 3. The van der Waals surface area contributed by atoms with Crippen LogP contribution in [0.4, 0.5) is 17.6 Å². The first-order chi connectivity index (χ1) is 12.5. The van der Waals surface area contributed by atoms with Crippen molar-refractivity contribution in [3.05, 3.63) is 89.0 Å². The van der Waals surface area contributed by atoms with E-state index >= 15 is 0 Å². The van der Waals surface area contributed by atoms with Crippen LogP contribution in [0.5, 0.6) is 5.75 Å². The maximum absolute atomic E-state index is 14.3. The zero-order valence-electron chi connectivity index (χ0n) is 14.0. The van der Waals surface area contributed by atoms with Crippen LogP contribution >= 0.6 is 0 Å². The van der Waals surface area contributed by atoms with Crippen LogP contribution in [0.15, 0.2) is 54.6 Å². The molecule has 0 bridgehead atoms. The Bertz CT molecular complexity index is 897. The Hall–Kier alpha value is -2.82. The van der Waals surface area contributed by atoms with E-state index in [-0.39, 0.29) is 17.9 Å². The van der Waals surface area contributed by atoms with Crippen LogP contribution in [0.1, 0.15) is 18.1 Å². The van der Waals surface area contributed by atoms with E-state index in [9.17, 15) is 17.6 Å². The van der Waals surface area contributed by atoms with Crippen LogP contribution in [0.25, 0.3) is 11.1 Å². The highest BCUT2D eigenvalue weighted by Crippen LogP contribution is 2.27. The minimum absolute atomic E-state index is 0.0518. The fourth-order valence-electron chi connectivity index (χ4n) is 2.58. The highest BCUT2D eigenvalue weighted by Gasteiger charge is 2.12. The summed E-state index contributed by atoms with van der Waals surface area (Å²) < 4.78 is 58.9. The van der Waals surface area contributed by atoms with E-state index in [1.165, 1.54) is 17.7 Å². The maximum atomic E-state index is 14.3. The molecule has 1 nitrogen and oxygen atoms in total. The molecule has 0 aliphatic carbocycles. The second-order valence-electron chi connectivity index (χ2n) is 5.86. The van der Waals surface area contributed by atoms with Gasteiger partial charge in [-0.25, -0.2) is 17.6 Å².